The lowest BCUT2D eigenvalue weighted by atomic mass is 10.1. The number of rotatable bonds is 4. The molecular formula is C12H16N2O2. The number of aldehydes is 1. The van der Waals surface area contributed by atoms with Crippen LogP contribution >= 0.6 is 0 Å². The lowest BCUT2D eigenvalue weighted by molar-refractivity contribution is -0.109. The predicted octanol–water partition coefficient (Wildman–Crippen LogP) is 1.07. The van der Waals surface area contributed by atoms with E-state index in [2.05, 4.69) is 5.32 Å². The first-order valence-electron chi connectivity index (χ1n) is 5.10. The molecule has 1 rings (SSSR count). The fourth-order valence-corrected chi connectivity index (χ4v) is 1.29. The van der Waals surface area contributed by atoms with Gasteiger partial charge in [-0.05, 0) is 12.0 Å². The molecule has 1 aromatic carbocycles. The van der Waals surface area contributed by atoms with Crippen molar-refractivity contribution >= 4 is 12.3 Å². The minimum absolute atomic E-state index is 0.256. The Morgan fingerprint density at radius 3 is 2.50 bits per heavy atom. The summed E-state index contributed by atoms with van der Waals surface area (Å²) in [4.78, 5) is 23.6. The molecule has 4 nitrogen and oxygen atoms in total. The monoisotopic (exact) mass is 220 g/mol. The minimum Gasteiger partial charge on any atom is -0.331 e. The van der Waals surface area contributed by atoms with Gasteiger partial charge in [-0.2, -0.15) is 0 Å². The molecule has 0 radical (unpaired) electrons. The van der Waals surface area contributed by atoms with Gasteiger partial charge in [-0.3, -0.25) is 0 Å². The molecule has 0 aliphatic carbocycles. The summed E-state index contributed by atoms with van der Waals surface area (Å²) in [5, 5.41) is 2.63. The number of nitrogens with one attached hydrogen (secondary N) is 1. The summed E-state index contributed by atoms with van der Waals surface area (Å²) in [7, 11) is 3.28. The standard InChI is InChI=1S/C12H16N2O2/c1-14(2)12(16)13-11(9-15)8-10-6-4-3-5-7-10/h3-7,9,11H,8H2,1-2H3,(H,13,16)/t11-/m0/s1. The van der Waals surface area contributed by atoms with E-state index in [0.717, 1.165) is 11.8 Å². The third-order valence-electron chi connectivity index (χ3n) is 2.18. The van der Waals surface area contributed by atoms with Crippen molar-refractivity contribution in [1.29, 1.82) is 0 Å². The number of benzene rings is 1. The van der Waals surface area contributed by atoms with Crippen molar-refractivity contribution in [2.45, 2.75) is 12.5 Å². The van der Waals surface area contributed by atoms with E-state index in [0.29, 0.717) is 6.42 Å². The maximum Gasteiger partial charge on any atom is 0.317 e. The molecule has 1 aromatic rings. The summed E-state index contributed by atoms with van der Waals surface area (Å²) >= 11 is 0. The zero-order valence-corrected chi connectivity index (χ0v) is 9.51. The second-order valence-corrected chi connectivity index (χ2v) is 3.78. The van der Waals surface area contributed by atoms with E-state index in [4.69, 9.17) is 0 Å². The maximum absolute atomic E-state index is 11.4. The van der Waals surface area contributed by atoms with Crippen molar-refractivity contribution in [3.63, 3.8) is 0 Å². The first-order valence-corrected chi connectivity index (χ1v) is 5.10. The Labute approximate surface area is 95.3 Å². The van der Waals surface area contributed by atoms with Gasteiger partial charge in [0, 0.05) is 14.1 Å². The largest absolute Gasteiger partial charge is 0.331 e. The van der Waals surface area contributed by atoms with E-state index in [9.17, 15) is 9.59 Å². The Hall–Kier alpha value is -1.84. The fraction of sp³-hybridized carbons (Fsp3) is 0.333. The van der Waals surface area contributed by atoms with Gasteiger partial charge in [0.15, 0.2) is 0 Å². The molecule has 16 heavy (non-hydrogen) atoms. The third kappa shape index (κ3) is 3.73. The molecule has 86 valence electrons. The van der Waals surface area contributed by atoms with Crippen molar-refractivity contribution < 1.29 is 9.59 Å². The van der Waals surface area contributed by atoms with Crippen molar-refractivity contribution in [2.24, 2.45) is 0 Å². The topological polar surface area (TPSA) is 49.4 Å². The molecule has 0 aliphatic rings. The lowest BCUT2D eigenvalue weighted by Crippen LogP contribution is -2.43. The molecule has 0 aliphatic heterocycles. The molecule has 0 saturated heterocycles. The van der Waals surface area contributed by atoms with Crippen LogP contribution in [0.3, 0.4) is 0 Å². The molecule has 2 amide bonds. The van der Waals surface area contributed by atoms with Crippen LogP contribution in [0.15, 0.2) is 30.3 Å². The van der Waals surface area contributed by atoms with E-state index in [1.807, 2.05) is 30.3 Å². The van der Waals surface area contributed by atoms with Crippen LogP contribution in [0.1, 0.15) is 5.56 Å². The average molecular weight is 220 g/mol. The van der Waals surface area contributed by atoms with E-state index >= 15 is 0 Å². The highest BCUT2D eigenvalue weighted by Crippen LogP contribution is 2.02. The lowest BCUT2D eigenvalue weighted by Gasteiger charge is -2.16. The molecular weight excluding hydrogens is 204 g/mol. The quantitative estimate of drug-likeness (QED) is 0.771. The molecule has 0 saturated carbocycles. The molecule has 0 spiro atoms. The number of carbonyl (C=O) groups excluding carboxylic acids is 2. The van der Waals surface area contributed by atoms with E-state index < -0.39 is 6.04 Å². The van der Waals surface area contributed by atoms with E-state index in [-0.39, 0.29) is 6.03 Å². The van der Waals surface area contributed by atoms with Crippen molar-refractivity contribution in [3.05, 3.63) is 35.9 Å². The Balaban J connectivity index is 2.56. The molecule has 1 atom stereocenters. The average Bonchev–Trinajstić information content (AvgIpc) is 2.29. The number of hydrogen-bond donors (Lipinski definition) is 1. The summed E-state index contributed by atoms with van der Waals surface area (Å²) < 4.78 is 0. The SMILES string of the molecule is CN(C)C(=O)N[C@H](C=O)Cc1ccccc1. The highest BCUT2D eigenvalue weighted by Gasteiger charge is 2.12. The maximum atomic E-state index is 11.4. The van der Waals surface area contributed by atoms with Gasteiger partial charge in [0.25, 0.3) is 0 Å². The van der Waals surface area contributed by atoms with E-state index in [1.165, 1.54) is 4.90 Å². The summed E-state index contributed by atoms with van der Waals surface area (Å²) in [6, 6.07) is 8.86. The Morgan fingerprint density at radius 2 is 2.00 bits per heavy atom. The Kier molecular flexibility index (Phi) is 4.51. The fourth-order valence-electron chi connectivity index (χ4n) is 1.29. The van der Waals surface area contributed by atoms with Crippen LogP contribution in [0.4, 0.5) is 4.79 Å². The number of hydrogen-bond acceptors (Lipinski definition) is 2. The van der Waals surface area contributed by atoms with Crippen LogP contribution in [0.5, 0.6) is 0 Å². The van der Waals surface area contributed by atoms with Gasteiger partial charge >= 0.3 is 6.03 Å². The van der Waals surface area contributed by atoms with Crippen molar-refractivity contribution in [2.75, 3.05) is 14.1 Å². The van der Waals surface area contributed by atoms with Gasteiger partial charge in [0.05, 0.1) is 6.04 Å². The Morgan fingerprint density at radius 1 is 1.38 bits per heavy atom. The molecule has 4 heteroatoms. The van der Waals surface area contributed by atoms with Crippen LogP contribution in [-0.2, 0) is 11.2 Å². The highest BCUT2D eigenvalue weighted by atomic mass is 16.2. The first kappa shape index (κ1) is 12.2. The zero-order chi connectivity index (χ0) is 12.0. The number of amides is 2. The number of urea groups is 1. The van der Waals surface area contributed by atoms with E-state index in [1.54, 1.807) is 14.1 Å². The smallest absolute Gasteiger partial charge is 0.317 e. The number of nitrogens with zero attached hydrogens (tertiary/aromatic N) is 1. The molecule has 0 aromatic heterocycles. The summed E-state index contributed by atoms with van der Waals surface area (Å²) in [5.74, 6) is 0. The zero-order valence-electron chi connectivity index (χ0n) is 9.51. The van der Waals surface area contributed by atoms with Gasteiger partial charge in [0.1, 0.15) is 6.29 Å². The Bertz CT molecular complexity index is 349. The summed E-state index contributed by atoms with van der Waals surface area (Å²) in [6.07, 6.45) is 1.28. The molecule has 0 unspecified atom stereocenters. The van der Waals surface area contributed by atoms with Gasteiger partial charge in [-0.1, -0.05) is 30.3 Å². The second-order valence-electron chi connectivity index (χ2n) is 3.78. The molecule has 0 bridgehead atoms. The predicted molar refractivity (Wildman–Crippen MR) is 62.2 cm³/mol. The third-order valence-corrected chi connectivity index (χ3v) is 2.18. The van der Waals surface area contributed by atoms with Crippen LogP contribution in [0, 0.1) is 0 Å². The molecule has 1 N–H and O–H groups in total. The van der Waals surface area contributed by atoms with Gasteiger partial charge in [-0.25, -0.2) is 4.79 Å². The van der Waals surface area contributed by atoms with Gasteiger partial charge < -0.3 is 15.0 Å². The first-order chi connectivity index (χ1) is 7.63. The normalized spacial score (nSPS) is 11.6. The van der Waals surface area contributed by atoms with Crippen molar-refractivity contribution in [1.82, 2.24) is 10.2 Å². The van der Waals surface area contributed by atoms with Gasteiger partial charge in [0.2, 0.25) is 0 Å². The summed E-state index contributed by atoms with van der Waals surface area (Å²) in [6.45, 7) is 0. The highest BCUT2D eigenvalue weighted by molar-refractivity contribution is 5.77. The van der Waals surface area contributed by atoms with Crippen LogP contribution in [0.25, 0.3) is 0 Å². The second kappa shape index (κ2) is 5.90. The summed E-state index contributed by atoms with van der Waals surface area (Å²) in [5.41, 5.74) is 1.03. The molecule has 0 fully saturated rings. The van der Waals surface area contributed by atoms with Crippen LogP contribution in [0.2, 0.25) is 0 Å². The number of carbonyl (C=O) groups is 2. The van der Waals surface area contributed by atoms with Crippen LogP contribution in [-0.4, -0.2) is 37.4 Å². The minimum atomic E-state index is -0.475. The van der Waals surface area contributed by atoms with Gasteiger partial charge in [-0.15, -0.1) is 0 Å². The van der Waals surface area contributed by atoms with Crippen LogP contribution < -0.4 is 5.32 Å². The van der Waals surface area contributed by atoms with Crippen molar-refractivity contribution in [3.8, 4) is 0 Å². The molecule has 0 heterocycles.